The lowest BCUT2D eigenvalue weighted by Crippen LogP contribution is -2.42. The van der Waals surface area contributed by atoms with Crippen molar-refractivity contribution in [3.63, 3.8) is 0 Å². The molecule has 1 amide bonds. The van der Waals surface area contributed by atoms with Gasteiger partial charge in [0.1, 0.15) is 5.75 Å². The van der Waals surface area contributed by atoms with Crippen LogP contribution in [0.15, 0.2) is 42.6 Å². The van der Waals surface area contributed by atoms with Crippen molar-refractivity contribution in [2.75, 3.05) is 25.0 Å². The van der Waals surface area contributed by atoms with E-state index in [-0.39, 0.29) is 17.0 Å². The summed E-state index contributed by atoms with van der Waals surface area (Å²) in [5.41, 5.74) is 0.765. The Morgan fingerprint density at radius 3 is 2.38 bits per heavy atom. The van der Waals surface area contributed by atoms with Gasteiger partial charge in [-0.2, -0.15) is 0 Å². The third kappa shape index (κ3) is 7.87. The molecule has 0 saturated carbocycles. The average Bonchev–Trinajstić information content (AvgIpc) is 2.78. The van der Waals surface area contributed by atoms with E-state index in [1.807, 2.05) is 20.8 Å². The van der Waals surface area contributed by atoms with Gasteiger partial charge in [-0.15, -0.1) is 0 Å². The minimum Gasteiger partial charge on any atom is -0.493 e. The molecule has 0 aliphatic carbocycles. The van der Waals surface area contributed by atoms with Gasteiger partial charge >= 0.3 is 12.1 Å². The second kappa shape index (κ2) is 11.1. The van der Waals surface area contributed by atoms with Crippen LogP contribution in [0.25, 0.3) is 0 Å². The minimum atomic E-state index is -0.967. The first-order chi connectivity index (χ1) is 16.1. The summed E-state index contributed by atoms with van der Waals surface area (Å²) in [4.78, 5) is 29.3. The van der Waals surface area contributed by atoms with Gasteiger partial charge in [-0.25, -0.2) is 14.6 Å². The lowest BCUT2D eigenvalue weighted by atomic mass is 9.98. The van der Waals surface area contributed by atoms with Crippen LogP contribution >= 0.6 is 12.2 Å². The number of rotatable bonds is 6. The zero-order chi connectivity index (χ0) is 24.7. The number of amides is 1. The van der Waals surface area contributed by atoms with Gasteiger partial charge in [0.25, 0.3) is 0 Å². The molecule has 0 atom stereocenters. The molecule has 1 aliphatic heterocycles. The molecule has 182 valence electrons. The van der Waals surface area contributed by atoms with Crippen molar-refractivity contribution >= 4 is 35.1 Å². The Hall–Kier alpha value is -3.40. The normalized spacial score (nSPS) is 14.3. The monoisotopic (exact) mass is 486 g/mol. The topological polar surface area (TPSA) is 113 Å². The molecule has 3 N–H and O–H groups in total. The van der Waals surface area contributed by atoms with E-state index >= 15 is 0 Å². The number of thiocarbonyl (C=S) groups is 1. The van der Waals surface area contributed by atoms with Gasteiger partial charge in [-0.1, -0.05) is 0 Å². The molecule has 1 aromatic heterocycles. The van der Waals surface area contributed by atoms with Gasteiger partial charge in [0, 0.05) is 24.7 Å². The van der Waals surface area contributed by atoms with E-state index in [2.05, 4.69) is 15.6 Å². The van der Waals surface area contributed by atoms with Crippen LogP contribution < -0.4 is 20.1 Å². The number of piperidine rings is 1. The Kier molecular flexibility index (Phi) is 8.27. The maximum absolute atomic E-state index is 12.5. The van der Waals surface area contributed by atoms with Crippen LogP contribution in [-0.2, 0) is 0 Å². The quantitative estimate of drug-likeness (QED) is 0.518. The van der Waals surface area contributed by atoms with Crippen molar-refractivity contribution in [1.29, 1.82) is 0 Å². The highest BCUT2D eigenvalue weighted by Crippen LogP contribution is 2.21. The molecule has 1 aliphatic rings. The highest BCUT2D eigenvalue weighted by molar-refractivity contribution is 7.80. The summed E-state index contributed by atoms with van der Waals surface area (Å²) >= 11 is 5.27. The molecule has 0 radical (unpaired) electrons. The number of pyridine rings is 1. The molecule has 0 spiro atoms. The number of aromatic carboxylic acids is 1. The summed E-state index contributed by atoms with van der Waals surface area (Å²) < 4.78 is 11.2. The van der Waals surface area contributed by atoms with Crippen LogP contribution in [0.2, 0.25) is 0 Å². The first-order valence-corrected chi connectivity index (χ1v) is 11.5. The maximum atomic E-state index is 12.5. The van der Waals surface area contributed by atoms with Gasteiger partial charge in [0.2, 0.25) is 5.88 Å². The second-order valence-corrected chi connectivity index (χ2v) is 9.56. The molecule has 2 aromatic rings. The fourth-order valence-corrected chi connectivity index (χ4v) is 3.79. The van der Waals surface area contributed by atoms with Gasteiger partial charge < -0.3 is 30.1 Å². The van der Waals surface area contributed by atoms with Crippen molar-refractivity contribution in [3.8, 4) is 11.6 Å². The number of benzene rings is 1. The molecule has 34 heavy (non-hydrogen) atoms. The van der Waals surface area contributed by atoms with Crippen LogP contribution in [0.3, 0.4) is 0 Å². The Labute approximate surface area is 204 Å². The van der Waals surface area contributed by atoms with Gasteiger partial charge in [-0.05, 0) is 82.1 Å². The molecule has 9 nitrogen and oxygen atoms in total. The summed E-state index contributed by atoms with van der Waals surface area (Å²) in [5, 5.41) is 15.6. The third-order valence-corrected chi connectivity index (χ3v) is 5.34. The van der Waals surface area contributed by atoms with E-state index in [0.29, 0.717) is 42.2 Å². The molecule has 3 rings (SSSR count). The van der Waals surface area contributed by atoms with Crippen LogP contribution in [0.1, 0.15) is 44.0 Å². The van der Waals surface area contributed by atoms with Crippen molar-refractivity contribution in [2.24, 2.45) is 5.92 Å². The molecule has 1 fully saturated rings. The average molecular weight is 487 g/mol. The smallest absolute Gasteiger partial charge is 0.416 e. The summed E-state index contributed by atoms with van der Waals surface area (Å²) in [7, 11) is 0. The number of carbonyl (C=O) groups is 2. The van der Waals surface area contributed by atoms with E-state index in [0.717, 1.165) is 12.8 Å². The molecule has 2 heterocycles. The SMILES string of the molecule is CC(C)(C)NC(=S)Nc1ccc(OC(=O)N2CCC(COc3ccc(C(=O)O)cc3)CC2)nc1. The molecule has 1 saturated heterocycles. The van der Waals surface area contributed by atoms with Crippen LogP contribution in [0.4, 0.5) is 10.5 Å². The number of likely N-dealkylation sites (tertiary alicyclic amines) is 1. The Balaban J connectivity index is 1.40. The zero-order valence-electron chi connectivity index (χ0n) is 19.5. The second-order valence-electron chi connectivity index (χ2n) is 9.15. The minimum absolute atomic E-state index is 0.153. The highest BCUT2D eigenvalue weighted by Gasteiger charge is 2.25. The number of nitrogens with one attached hydrogen (secondary N) is 2. The first-order valence-electron chi connectivity index (χ1n) is 11.1. The number of anilines is 1. The highest BCUT2D eigenvalue weighted by atomic mass is 32.1. The standard InChI is InChI=1S/C24H30N4O5S/c1-24(2,3)27-22(34)26-18-6-9-20(25-14-18)33-23(31)28-12-10-16(11-13-28)15-32-19-7-4-17(5-8-19)21(29)30/h4-9,14,16H,10-13,15H2,1-3H3,(H,29,30)(H2,26,27,34). The molecule has 0 bridgehead atoms. The summed E-state index contributed by atoms with van der Waals surface area (Å²) in [5.74, 6) is 0.190. The largest absolute Gasteiger partial charge is 0.493 e. The number of ether oxygens (including phenoxy) is 2. The fraction of sp³-hybridized carbons (Fsp3) is 0.417. The molecule has 10 heteroatoms. The predicted molar refractivity (Wildman–Crippen MR) is 133 cm³/mol. The van der Waals surface area contributed by atoms with Crippen LogP contribution in [-0.4, -0.2) is 57.4 Å². The molecular weight excluding hydrogens is 456 g/mol. The third-order valence-electron chi connectivity index (χ3n) is 5.13. The van der Waals surface area contributed by atoms with Gasteiger partial charge in [0.05, 0.1) is 24.1 Å². The lowest BCUT2D eigenvalue weighted by Gasteiger charge is -2.31. The number of hydrogen-bond acceptors (Lipinski definition) is 6. The summed E-state index contributed by atoms with van der Waals surface area (Å²) in [6.45, 7) is 7.68. The fourth-order valence-electron chi connectivity index (χ4n) is 3.36. The van der Waals surface area contributed by atoms with Crippen molar-refractivity contribution in [2.45, 2.75) is 39.2 Å². The number of carboxylic acids is 1. The van der Waals surface area contributed by atoms with E-state index in [4.69, 9.17) is 26.8 Å². The maximum Gasteiger partial charge on any atom is 0.416 e. The Bertz CT molecular complexity index is 998. The number of hydrogen-bond donors (Lipinski definition) is 3. The first kappa shape index (κ1) is 25.2. The number of carboxylic acid groups (broad SMARTS) is 1. The molecular formula is C24H30N4O5S. The van der Waals surface area contributed by atoms with Crippen LogP contribution in [0.5, 0.6) is 11.6 Å². The summed E-state index contributed by atoms with van der Waals surface area (Å²) in [6, 6.07) is 9.71. The van der Waals surface area contributed by atoms with E-state index in [1.165, 1.54) is 12.1 Å². The Morgan fingerprint density at radius 1 is 1.15 bits per heavy atom. The zero-order valence-corrected chi connectivity index (χ0v) is 20.4. The predicted octanol–water partition coefficient (Wildman–Crippen LogP) is 4.15. The number of nitrogens with zero attached hydrogens (tertiary/aromatic N) is 2. The van der Waals surface area contributed by atoms with E-state index in [1.54, 1.807) is 35.4 Å². The van der Waals surface area contributed by atoms with Crippen molar-refractivity contribution in [1.82, 2.24) is 15.2 Å². The van der Waals surface area contributed by atoms with Crippen LogP contribution in [0, 0.1) is 5.92 Å². The van der Waals surface area contributed by atoms with Crippen molar-refractivity contribution < 1.29 is 24.2 Å². The molecule has 0 unspecified atom stereocenters. The van der Waals surface area contributed by atoms with Crippen molar-refractivity contribution in [3.05, 3.63) is 48.2 Å². The Morgan fingerprint density at radius 2 is 1.82 bits per heavy atom. The van der Waals surface area contributed by atoms with Gasteiger partial charge in [-0.3, -0.25) is 0 Å². The summed E-state index contributed by atoms with van der Waals surface area (Å²) in [6.07, 6.45) is 2.71. The number of aromatic nitrogens is 1. The van der Waals surface area contributed by atoms with E-state index in [9.17, 15) is 9.59 Å². The van der Waals surface area contributed by atoms with Gasteiger partial charge in [0.15, 0.2) is 5.11 Å². The molecule has 1 aromatic carbocycles. The van der Waals surface area contributed by atoms with E-state index < -0.39 is 12.1 Å². The number of carbonyl (C=O) groups excluding carboxylic acids is 1. The lowest BCUT2D eigenvalue weighted by molar-refractivity contribution is 0.0696.